The number of benzene rings is 1. The summed E-state index contributed by atoms with van der Waals surface area (Å²) >= 11 is 6.18. The third kappa shape index (κ3) is 2.78. The van der Waals surface area contributed by atoms with Gasteiger partial charge in [0.05, 0.1) is 0 Å². The molecule has 2 aromatic rings. The summed E-state index contributed by atoms with van der Waals surface area (Å²) in [5.41, 5.74) is 2.03. The van der Waals surface area contributed by atoms with E-state index in [9.17, 15) is 0 Å². The van der Waals surface area contributed by atoms with Crippen LogP contribution < -0.4 is 4.74 Å². The van der Waals surface area contributed by atoms with E-state index < -0.39 is 0 Å². The fourth-order valence-corrected chi connectivity index (χ4v) is 2.22. The third-order valence-electron chi connectivity index (χ3n) is 3.52. The van der Waals surface area contributed by atoms with E-state index in [0.29, 0.717) is 17.0 Å². The molecule has 0 atom stereocenters. The van der Waals surface area contributed by atoms with E-state index >= 15 is 0 Å². The van der Waals surface area contributed by atoms with Gasteiger partial charge in [0, 0.05) is 11.5 Å². The van der Waals surface area contributed by atoms with Crippen molar-refractivity contribution in [2.24, 2.45) is 0 Å². The smallest absolute Gasteiger partial charge is 0.226 e. The van der Waals surface area contributed by atoms with Gasteiger partial charge in [0.1, 0.15) is 16.7 Å². The first-order chi connectivity index (χ1) is 9.67. The second-order valence-electron chi connectivity index (χ2n) is 5.18. The predicted molar refractivity (Wildman–Crippen MR) is 79.6 cm³/mol. The van der Waals surface area contributed by atoms with Gasteiger partial charge in [0.15, 0.2) is 0 Å². The maximum atomic E-state index is 6.18. The molecule has 0 aliphatic heterocycles. The van der Waals surface area contributed by atoms with Crippen LogP contribution in [0.1, 0.15) is 42.6 Å². The van der Waals surface area contributed by atoms with Crippen molar-refractivity contribution < 1.29 is 4.74 Å². The molecular formula is C16H17ClN2O. The molecule has 3 rings (SSSR count). The molecule has 1 saturated carbocycles. The number of aryl methyl sites for hydroxylation is 1. The summed E-state index contributed by atoms with van der Waals surface area (Å²) in [7, 11) is 0. The summed E-state index contributed by atoms with van der Waals surface area (Å²) in [5.74, 6) is 2.63. The Bertz CT molecular complexity index is 638. The van der Waals surface area contributed by atoms with Gasteiger partial charge in [-0.15, -0.1) is 0 Å². The van der Waals surface area contributed by atoms with Crippen LogP contribution in [0.4, 0.5) is 0 Å². The number of nitrogens with zero attached hydrogens (tertiary/aromatic N) is 2. The zero-order valence-corrected chi connectivity index (χ0v) is 12.4. The van der Waals surface area contributed by atoms with Gasteiger partial charge < -0.3 is 4.74 Å². The van der Waals surface area contributed by atoms with Crippen molar-refractivity contribution in [2.75, 3.05) is 0 Å². The average Bonchev–Trinajstić information content (AvgIpc) is 3.28. The molecular weight excluding hydrogens is 272 g/mol. The summed E-state index contributed by atoms with van der Waals surface area (Å²) < 4.78 is 5.92. The Hall–Kier alpha value is -1.61. The highest BCUT2D eigenvalue weighted by Crippen LogP contribution is 2.40. The molecule has 1 aliphatic carbocycles. The van der Waals surface area contributed by atoms with Crippen LogP contribution in [-0.4, -0.2) is 9.97 Å². The Balaban J connectivity index is 1.92. The molecule has 0 amide bonds. The van der Waals surface area contributed by atoms with Gasteiger partial charge in [-0.05, 0) is 43.9 Å². The van der Waals surface area contributed by atoms with Crippen molar-refractivity contribution in [3.05, 3.63) is 46.4 Å². The van der Waals surface area contributed by atoms with Crippen LogP contribution in [0.3, 0.4) is 0 Å². The molecule has 1 heterocycles. The van der Waals surface area contributed by atoms with Crippen molar-refractivity contribution in [3.8, 4) is 11.6 Å². The van der Waals surface area contributed by atoms with Crippen LogP contribution in [0.25, 0.3) is 0 Å². The number of ether oxygens (including phenoxy) is 1. The Morgan fingerprint density at radius 2 is 2.10 bits per heavy atom. The van der Waals surface area contributed by atoms with Gasteiger partial charge in [-0.3, -0.25) is 0 Å². The number of aromatic nitrogens is 2. The average molecular weight is 289 g/mol. The topological polar surface area (TPSA) is 35.0 Å². The standard InChI is InChI=1S/C16H17ClN2O/c1-3-11-5-4-6-13(9-11)20-16-10(2)14(17)18-15(19-16)12-7-8-12/h4-6,9,12H,3,7-8H2,1-2H3. The fraction of sp³-hybridized carbons (Fsp3) is 0.375. The number of rotatable bonds is 4. The minimum Gasteiger partial charge on any atom is -0.439 e. The normalized spacial score (nSPS) is 14.3. The number of hydrogen-bond acceptors (Lipinski definition) is 3. The summed E-state index contributed by atoms with van der Waals surface area (Å²) in [5, 5.41) is 0.489. The SMILES string of the molecule is CCc1cccc(Oc2nc(C3CC3)nc(Cl)c2C)c1. The maximum Gasteiger partial charge on any atom is 0.226 e. The molecule has 0 spiro atoms. The number of halogens is 1. The lowest BCUT2D eigenvalue weighted by atomic mass is 10.2. The van der Waals surface area contributed by atoms with E-state index in [2.05, 4.69) is 23.0 Å². The van der Waals surface area contributed by atoms with Crippen LogP contribution in [0, 0.1) is 6.92 Å². The maximum absolute atomic E-state index is 6.18. The molecule has 0 radical (unpaired) electrons. The van der Waals surface area contributed by atoms with Gasteiger partial charge in [-0.2, -0.15) is 4.98 Å². The van der Waals surface area contributed by atoms with E-state index in [1.54, 1.807) is 0 Å². The zero-order valence-electron chi connectivity index (χ0n) is 11.7. The zero-order chi connectivity index (χ0) is 14.1. The highest BCUT2D eigenvalue weighted by molar-refractivity contribution is 6.30. The summed E-state index contributed by atoms with van der Waals surface area (Å²) in [6, 6.07) is 8.05. The predicted octanol–water partition coefficient (Wildman–Crippen LogP) is 4.67. The molecule has 3 nitrogen and oxygen atoms in total. The molecule has 20 heavy (non-hydrogen) atoms. The first kappa shape index (κ1) is 13.4. The number of hydrogen-bond donors (Lipinski definition) is 0. The van der Waals surface area contributed by atoms with Crippen LogP contribution in [0.2, 0.25) is 5.15 Å². The van der Waals surface area contributed by atoms with Crippen molar-refractivity contribution in [1.29, 1.82) is 0 Å². The lowest BCUT2D eigenvalue weighted by Crippen LogP contribution is -2.00. The van der Waals surface area contributed by atoms with Crippen molar-refractivity contribution in [2.45, 2.75) is 39.0 Å². The fourth-order valence-electron chi connectivity index (χ4n) is 2.05. The molecule has 1 aromatic heterocycles. The van der Waals surface area contributed by atoms with Crippen LogP contribution in [0.5, 0.6) is 11.6 Å². The van der Waals surface area contributed by atoms with Gasteiger partial charge in [-0.1, -0.05) is 30.7 Å². The molecule has 1 aliphatic rings. The highest BCUT2D eigenvalue weighted by Gasteiger charge is 2.28. The Morgan fingerprint density at radius 3 is 2.80 bits per heavy atom. The van der Waals surface area contributed by atoms with Gasteiger partial charge in [-0.25, -0.2) is 4.98 Å². The largest absolute Gasteiger partial charge is 0.439 e. The highest BCUT2D eigenvalue weighted by atomic mass is 35.5. The van der Waals surface area contributed by atoms with Crippen LogP contribution in [-0.2, 0) is 6.42 Å². The molecule has 4 heteroatoms. The molecule has 0 unspecified atom stereocenters. The van der Waals surface area contributed by atoms with Crippen molar-refractivity contribution in [3.63, 3.8) is 0 Å². The second-order valence-corrected chi connectivity index (χ2v) is 5.54. The molecule has 0 saturated heterocycles. The van der Waals surface area contributed by atoms with E-state index in [1.807, 2.05) is 25.1 Å². The minimum atomic E-state index is 0.456. The van der Waals surface area contributed by atoms with Gasteiger partial charge in [0.2, 0.25) is 5.88 Å². The molecule has 1 fully saturated rings. The molecule has 104 valence electrons. The van der Waals surface area contributed by atoms with Crippen LogP contribution in [0.15, 0.2) is 24.3 Å². The lowest BCUT2D eigenvalue weighted by molar-refractivity contribution is 0.454. The third-order valence-corrected chi connectivity index (χ3v) is 3.89. The van der Waals surface area contributed by atoms with E-state index in [-0.39, 0.29) is 0 Å². The molecule has 1 aromatic carbocycles. The Kier molecular flexibility index (Phi) is 3.62. The van der Waals surface area contributed by atoms with E-state index in [0.717, 1.165) is 36.4 Å². The monoisotopic (exact) mass is 288 g/mol. The quantitative estimate of drug-likeness (QED) is 0.767. The van der Waals surface area contributed by atoms with Crippen LogP contribution >= 0.6 is 11.6 Å². The molecule has 0 bridgehead atoms. The summed E-state index contributed by atoms with van der Waals surface area (Å²) in [6.45, 7) is 4.01. The molecule has 0 N–H and O–H groups in total. The Morgan fingerprint density at radius 1 is 1.30 bits per heavy atom. The van der Waals surface area contributed by atoms with Crippen molar-refractivity contribution >= 4 is 11.6 Å². The summed E-state index contributed by atoms with van der Waals surface area (Å²) in [4.78, 5) is 8.87. The van der Waals surface area contributed by atoms with E-state index in [1.165, 1.54) is 5.56 Å². The first-order valence-corrected chi connectivity index (χ1v) is 7.36. The second kappa shape index (κ2) is 5.41. The van der Waals surface area contributed by atoms with Crippen molar-refractivity contribution in [1.82, 2.24) is 9.97 Å². The summed E-state index contributed by atoms with van der Waals surface area (Å²) in [6.07, 6.45) is 3.27. The van der Waals surface area contributed by atoms with E-state index in [4.69, 9.17) is 16.3 Å². The minimum absolute atomic E-state index is 0.456. The lowest BCUT2D eigenvalue weighted by Gasteiger charge is -2.11. The van der Waals surface area contributed by atoms with Gasteiger partial charge >= 0.3 is 0 Å². The Labute approximate surface area is 124 Å². The van der Waals surface area contributed by atoms with Gasteiger partial charge in [0.25, 0.3) is 0 Å². The first-order valence-electron chi connectivity index (χ1n) is 6.98.